The van der Waals surface area contributed by atoms with Crippen LogP contribution in [0, 0.1) is 0 Å². The number of hydrogen-bond acceptors (Lipinski definition) is 2. The van der Waals surface area contributed by atoms with Gasteiger partial charge < -0.3 is 5.32 Å². The molecule has 0 aromatic heterocycles. The molecule has 1 nitrogen and oxygen atoms in total. The molecular formula is C12H17NS. The van der Waals surface area contributed by atoms with E-state index in [2.05, 4.69) is 37.4 Å². The van der Waals surface area contributed by atoms with Crippen molar-refractivity contribution in [1.82, 2.24) is 0 Å². The van der Waals surface area contributed by atoms with E-state index >= 15 is 0 Å². The summed E-state index contributed by atoms with van der Waals surface area (Å²) >= 11 is 2.02. The van der Waals surface area contributed by atoms with Crippen LogP contribution < -0.4 is 5.32 Å². The number of thioether (sulfide) groups is 1. The van der Waals surface area contributed by atoms with Crippen molar-refractivity contribution in [3.8, 4) is 0 Å². The molecule has 1 atom stereocenters. The molecule has 0 spiro atoms. The number of rotatable bonds is 2. The molecule has 0 amide bonds. The largest absolute Gasteiger partial charge is 0.383 e. The molecule has 76 valence electrons. The third kappa shape index (κ3) is 1.76. The maximum absolute atomic E-state index is 3.56. The van der Waals surface area contributed by atoms with E-state index in [4.69, 9.17) is 0 Å². The number of fused-ring (bicyclic) bond motifs is 1. The second-order valence-electron chi connectivity index (χ2n) is 3.67. The lowest BCUT2D eigenvalue weighted by molar-refractivity contribution is 0.839. The minimum atomic E-state index is 0.745. The van der Waals surface area contributed by atoms with E-state index in [-0.39, 0.29) is 0 Å². The van der Waals surface area contributed by atoms with Gasteiger partial charge in [-0.3, -0.25) is 0 Å². The van der Waals surface area contributed by atoms with Crippen LogP contribution in [-0.2, 0) is 6.42 Å². The minimum Gasteiger partial charge on any atom is -0.383 e. The Labute approximate surface area is 90.3 Å². The average Bonchev–Trinajstić information content (AvgIpc) is 2.27. The second-order valence-corrected chi connectivity index (χ2v) is 5.02. The molecule has 0 fully saturated rings. The predicted octanol–water partition coefficient (Wildman–Crippen LogP) is 3.55. The van der Waals surface area contributed by atoms with Crippen LogP contribution in [0.1, 0.15) is 25.8 Å². The summed E-state index contributed by atoms with van der Waals surface area (Å²) in [6, 6.07) is 6.62. The highest BCUT2D eigenvalue weighted by Gasteiger charge is 2.18. The van der Waals surface area contributed by atoms with Gasteiger partial charge in [-0.25, -0.2) is 0 Å². The number of benzene rings is 1. The first-order chi connectivity index (χ1) is 6.85. The lowest BCUT2D eigenvalue weighted by atomic mass is 10.1. The zero-order valence-electron chi connectivity index (χ0n) is 8.84. The van der Waals surface area contributed by atoms with Crippen LogP contribution in [0.15, 0.2) is 23.1 Å². The minimum absolute atomic E-state index is 0.745. The van der Waals surface area contributed by atoms with E-state index < -0.39 is 0 Å². The summed E-state index contributed by atoms with van der Waals surface area (Å²) in [4.78, 5) is 1.43. The zero-order valence-corrected chi connectivity index (χ0v) is 9.66. The molecule has 14 heavy (non-hydrogen) atoms. The molecule has 1 unspecified atom stereocenters. The molecule has 0 aliphatic carbocycles. The maximum Gasteiger partial charge on any atom is 0.0511 e. The Bertz CT molecular complexity index is 322. The van der Waals surface area contributed by atoms with E-state index in [1.54, 1.807) is 0 Å². The smallest absolute Gasteiger partial charge is 0.0511 e. The quantitative estimate of drug-likeness (QED) is 0.796. The number of anilines is 1. The van der Waals surface area contributed by atoms with Gasteiger partial charge in [0.25, 0.3) is 0 Å². The van der Waals surface area contributed by atoms with Crippen molar-refractivity contribution in [2.24, 2.45) is 0 Å². The number of aryl methyl sites for hydroxylation is 1. The Kier molecular flexibility index (Phi) is 3.02. The molecule has 1 N–H and O–H groups in total. The Morgan fingerprint density at radius 3 is 3.00 bits per heavy atom. The number of nitrogens with one attached hydrogen (secondary N) is 1. The monoisotopic (exact) mass is 207 g/mol. The van der Waals surface area contributed by atoms with Crippen LogP contribution in [0.2, 0.25) is 0 Å². The summed E-state index contributed by atoms with van der Waals surface area (Å²) in [5, 5.41) is 4.31. The van der Waals surface area contributed by atoms with Gasteiger partial charge in [0.1, 0.15) is 0 Å². The first-order valence-electron chi connectivity index (χ1n) is 5.37. The van der Waals surface area contributed by atoms with Gasteiger partial charge in [-0.05, 0) is 24.5 Å². The fourth-order valence-corrected chi connectivity index (χ4v) is 3.01. The van der Waals surface area contributed by atoms with Gasteiger partial charge in [-0.2, -0.15) is 0 Å². The van der Waals surface area contributed by atoms with E-state index in [0.717, 1.165) is 18.2 Å². The zero-order chi connectivity index (χ0) is 9.97. The SMILES string of the molecule is CCc1cccc2c1NCC(CC)S2. The summed E-state index contributed by atoms with van der Waals surface area (Å²) in [5.74, 6) is 0. The lowest BCUT2D eigenvalue weighted by Crippen LogP contribution is -2.21. The summed E-state index contributed by atoms with van der Waals surface area (Å²) in [7, 11) is 0. The van der Waals surface area contributed by atoms with Gasteiger partial charge in [0.15, 0.2) is 0 Å². The predicted molar refractivity (Wildman–Crippen MR) is 64.2 cm³/mol. The highest BCUT2D eigenvalue weighted by molar-refractivity contribution is 8.00. The molecule has 2 heteroatoms. The van der Waals surface area contributed by atoms with Gasteiger partial charge in [0.2, 0.25) is 0 Å². The van der Waals surface area contributed by atoms with Crippen molar-refractivity contribution >= 4 is 17.4 Å². The first-order valence-corrected chi connectivity index (χ1v) is 6.25. The van der Waals surface area contributed by atoms with Gasteiger partial charge in [0.05, 0.1) is 5.69 Å². The third-order valence-electron chi connectivity index (χ3n) is 2.75. The second kappa shape index (κ2) is 4.26. The van der Waals surface area contributed by atoms with Crippen LogP contribution in [0.5, 0.6) is 0 Å². The van der Waals surface area contributed by atoms with Crippen molar-refractivity contribution in [1.29, 1.82) is 0 Å². The fraction of sp³-hybridized carbons (Fsp3) is 0.500. The average molecular weight is 207 g/mol. The Morgan fingerprint density at radius 2 is 2.29 bits per heavy atom. The van der Waals surface area contributed by atoms with Crippen LogP contribution in [0.25, 0.3) is 0 Å². The van der Waals surface area contributed by atoms with E-state index in [1.807, 2.05) is 11.8 Å². The Balaban J connectivity index is 2.30. The van der Waals surface area contributed by atoms with Crippen molar-refractivity contribution in [3.05, 3.63) is 23.8 Å². The van der Waals surface area contributed by atoms with E-state index in [9.17, 15) is 0 Å². The molecule has 2 rings (SSSR count). The van der Waals surface area contributed by atoms with Crippen molar-refractivity contribution in [2.45, 2.75) is 36.8 Å². The van der Waals surface area contributed by atoms with Crippen molar-refractivity contribution < 1.29 is 0 Å². The van der Waals surface area contributed by atoms with Crippen LogP contribution in [0.4, 0.5) is 5.69 Å². The maximum atomic E-state index is 3.56. The standard InChI is InChI=1S/C12H17NS/c1-3-9-6-5-7-11-12(9)13-8-10(4-2)14-11/h5-7,10,13H,3-4,8H2,1-2H3. The van der Waals surface area contributed by atoms with E-state index in [0.29, 0.717) is 0 Å². The van der Waals surface area contributed by atoms with Crippen molar-refractivity contribution in [2.75, 3.05) is 11.9 Å². The number of para-hydroxylation sites is 1. The summed E-state index contributed by atoms with van der Waals surface area (Å²) < 4.78 is 0. The first kappa shape index (κ1) is 9.91. The number of hydrogen-bond donors (Lipinski definition) is 1. The molecule has 0 radical (unpaired) electrons. The topological polar surface area (TPSA) is 12.0 Å². The van der Waals surface area contributed by atoms with Crippen LogP contribution in [-0.4, -0.2) is 11.8 Å². The highest BCUT2D eigenvalue weighted by atomic mass is 32.2. The molecule has 1 heterocycles. The highest BCUT2D eigenvalue weighted by Crippen LogP contribution is 2.38. The van der Waals surface area contributed by atoms with Gasteiger partial charge in [-0.15, -0.1) is 11.8 Å². The Hall–Kier alpha value is -0.630. The van der Waals surface area contributed by atoms with Crippen LogP contribution >= 0.6 is 11.8 Å². The fourth-order valence-electron chi connectivity index (χ4n) is 1.83. The molecule has 1 aliphatic rings. The van der Waals surface area contributed by atoms with Crippen molar-refractivity contribution in [3.63, 3.8) is 0 Å². The lowest BCUT2D eigenvalue weighted by Gasteiger charge is -2.26. The summed E-state index contributed by atoms with van der Waals surface area (Å²) in [5.41, 5.74) is 2.83. The van der Waals surface area contributed by atoms with E-state index in [1.165, 1.54) is 22.6 Å². The van der Waals surface area contributed by atoms with Gasteiger partial charge in [-0.1, -0.05) is 26.0 Å². The Morgan fingerprint density at radius 1 is 1.43 bits per heavy atom. The molecular weight excluding hydrogens is 190 g/mol. The third-order valence-corrected chi connectivity index (χ3v) is 4.18. The molecule has 1 aromatic carbocycles. The normalized spacial score (nSPS) is 20.0. The summed E-state index contributed by atoms with van der Waals surface area (Å²) in [6.45, 7) is 5.59. The molecule has 1 aliphatic heterocycles. The molecule has 0 saturated heterocycles. The van der Waals surface area contributed by atoms with Gasteiger partial charge in [0, 0.05) is 16.7 Å². The van der Waals surface area contributed by atoms with Crippen LogP contribution in [0.3, 0.4) is 0 Å². The molecule has 0 saturated carbocycles. The van der Waals surface area contributed by atoms with Gasteiger partial charge >= 0.3 is 0 Å². The summed E-state index contributed by atoms with van der Waals surface area (Å²) in [6.07, 6.45) is 2.36. The molecule has 1 aromatic rings. The molecule has 0 bridgehead atoms.